The minimum absolute atomic E-state index is 0.00194. The Labute approximate surface area is 156 Å². The Morgan fingerprint density at radius 2 is 1.88 bits per heavy atom. The summed E-state index contributed by atoms with van der Waals surface area (Å²) in [7, 11) is 1.66. The van der Waals surface area contributed by atoms with Crippen LogP contribution in [-0.2, 0) is 0 Å². The average Bonchev–Trinajstić information content (AvgIpc) is 3.23. The molecule has 0 saturated heterocycles. The van der Waals surface area contributed by atoms with Crippen molar-refractivity contribution < 1.29 is 9.84 Å². The van der Waals surface area contributed by atoms with E-state index in [1.807, 2.05) is 48.5 Å². The number of hydrogen-bond donors (Lipinski definition) is 2. The van der Waals surface area contributed by atoms with Crippen LogP contribution >= 0.6 is 11.3 Å². The summed E-state index contributed by atoms with van der Waals surface area (Å²) < 4.78 is 5.26. The first-order valence-electron chi connectivity index (χ1n) is 8.53. The van der Waals surface area contributed by atoms with Crippen LogP contribution in [0.25, 0.3) is 0 Å². The van der Waals surface area contributed by atoms with E-state index in [0.29, 0.717) is 12.2 Å². The third-order valence-electron chi connectivity index (χ3n) is 4.59. The molecule has 26 heavy (non-hydrogen) atoms. The van der Waals surface area contributed by atoms with Crippen molar-refractivity contribution in [2.45, 2.75) is 18.6 Å². The van der Waals surface area contributed by atoms with E-state index in [-0.39, 0.29) is 12.2 Å². The summed E-state index contributed by atoms with van der Waals surface area (Å²) in [5, 5.41) is 15.9. The normalized spacial score (nSPS) is 19.8. The SMILES string of the molecule is COc1ccc(C2=N[C@H](c3cccs3)N[C@H](c3ccccc3O)C2)cc1. The second-order valence-electron chi connectivity index (χ2n) is 6.20. The molecule has 0 bridgehead atoms. The van der Waals surface area contributed by atoms with Gasteiger partial charge in [-0.3, -0.25) is 10.3 Å². The number of thiophene rings is 1. The van der Waals surface area contributed by atoms with Gasteiger partial charge in [-0.2, -0.15) is 0 Å². The Morgan fingerprint density at radius 3 is 2.58 bits per heavy atom. The van der Waals surface area contributed by atoms with Crippen LogP contribution in [0.3, 0.4) is 0 Å². The van der Waals surface area contributed by atoms with Crippen molar-refractivity contribution in [3.05, 3.63) is 82.0 Å². The molecule has 5 heteroatoms. The maximum absolute atomic E-state index is 10.3. The number of benzene rings is 2. The van der Waals surface area contributed by atoms with Gasteiger partial charge in [-0.15, -0.1) is 11.3 Å². The van der Waals surface area contributed by atoms with Crippen molar-refractivity contribution in [1.82, 2.24) is 5.32 Å². The van der Waals surface area contributed by atoms with Crippen LogP contribution in [0.15, 0.2) is 71.0 Å². The molecule has 1 aliphatic rings. The van der Waals surface area contributed by atoms with Crippen molar-refractivity contribution in [2.75, 3.05) is 7.11 Å². The second kappa shape index (κ2) is 7.32. The van der Waals surface area contributed by atoms with Gasteiger partial charge in [0.2, 0.25) is 0 Å². The van der Waals surface area contributed by atoms with Gasteiger partial charge in [0.1, 0.15) is 17.7 Å². The summed E-state index contributed by atoms with van der Waals surface area (Å²) in [4.78, 5) is 6.11. The Hall–Kier alpha value is -2.63. The number of rotatable bonds is 4. The highest BCUT2D eigenvalue weighted by Gasteiger charge is 2.27. The highest BCUT2D eigenvalue weighted by Crippen LogP contribution is 2.35. The van der Waals surface area contributed by atoms with E-state index in [0.717, 1.165) is 27.5 Å². The third-order valence-corrected chi connectivity index (χ3v) is 5.51. The fourth-order valence-corrected chi connectivity index (χ4v) is 3.96. The lowest BCUT2D eigenvalue weighted by Crippen LogP contribution is -2.32. The predicted molar refractivity (Wildman–Crippen MR) is 105 cm³/mol. The molecule has 2 atom stereocenters. The third kappa shape index (κ3) is 3.36. The molecule has 132 valence electrons. The Morgan fingerprint density at radius 1 is 1.08 bits per heavy atom. The minimum Gasteiger partial charge on any atom is -0.508 e. The molecule has 1 aromatic heterocycles. The number of nitrogens with zero attached hydrogens (tertiary/aromatic N) is 1. The van der Waals surface area contributed by atoms with Gasteiger partial charge in [0.05, 0.1) is 7.11 Å². The number of para-hydroxylation sites is 1. The first-order valence-corrected chi connectivity index (χ1v) is 9.41. The first-order chi connectivity index (χ1) is 12.7. The molecule has 0 fully saturated rings. The molecular weight excluding hydrogens is 344 g/mol. The number of nitrogens with one attached hydrogen (secondary N) is 1. The Kier molecular flexibility index (Phi) is 4.73. The second-order valence-corrected chi connectivity index (χ2v) is 7.18. The van der Waals surface area contributed by atoms with Crippen LogP contribution in [0.4, 0.5) is 0 Å². The maximum atomic E-state index is 10.3. The molecular formula is C21H20N2O2S. The molecule has 0 saturated carbocycles. The van der Waals surface area contributed by atoms with Gasteiger partial charge in [-0.25, -0.2) is 0 Å². The largest absolute Gasteiger partial charge is 0.508 e. The molecule has 1 aliphatic heterocycles. The minimum atomic E-state index is -0.120. The van der Waals surface area contributed by atoms with Gasteiger partial charge in [0.25, 0.3) is 0 Å². The van der Waals surface area contributed by atoms with E-state index in [2.05, 4.69) is 16.8 Å². The summed E-state index contributed by atoms with van der Waals surface area (Å²) in [5.41, 5.74) is 3.00. The van der Waals surface area contributed by atoms with E-state index in [1.54, 1.807) is 24.5 Å². The lowest BCUT2D eigenvalue weighted by atomic mass is 9.94. The maximum Gasteiger partial charge on any atom is 0.135 e. The van der Waals surface area contributed by atoms with Gasteiger partial charge in [-0.05, 0) is 47.3 Å². The highest BCUT2D eigenvalue weighted by molar-refractivity contribution is 7.10. The molecule has 3 aromatic rings. The van der Waals surface area contributed by atoms with Gasteiger partial charge in [0.15, 0.2) is 0 Å². The molecule has 4 rings (SSSR count). The van der Waals surface area contributed by atoms with E-state index >= 15 is 0 Å². The van der Waals surface area contributed by atoms with Crippen molar-refractivity contribution >= 4 is 17.0 Å². The topological polar surface area (TPSA) is 53.8 Å². The highest BCUT2D eigenvalue weighted by atomic mass is 32.1. The molecule has 0 spiro atoms. The predicted octanol–water partition coefficient (Wildman–Crippen LogP) is 4.68. The summed E-state index contributed by atoms with van der Waals surface area (Å²) in [6, 6.07) is 19.6. The van der Waals surface area contributed by atoms with Gasteiger partial charge in [-0.1, -0.05) is 24.3 Å². The molecule has 2 heterocycles. The zero-order valence-electron chi connectivity index (χ0n) is 14.4. The van der Waals surface area contributed by atoms with E-state index in [4.69, 9.17) is 9.73 Å². The molecule has 0 amide bonds. The zero-order valence-corrected chi connectivity index (χ0v) is 15.2. The first kappa shape index (κ1) is 16.8. The van der Waals surface area contributed by atoms with Gasteiger partial charge >= 0.3 is 0 Å². The Bertz CT molecular complexity index is 904. The molecule has 2 aromatic carbocycles. The standard InChI is InChI=1S/C21H20N2O2S/c1-25-15-10-8-14(9-11-15)17-13-18(16-5-2-3-6-19(16)24)23-21(22-17)20-7-4-12-26-20/h2-12,18,21,23-24H,13H2,1H3/t18-,21-/m0/s1. The monoisotopic (exact) mass is 364 g/mol. The van der Waals surface area contributed by atoms with Gasteiger partial charge < -0.3 is 9.84 Å². The fourth-order valence-electron chi connectivity index (χ4n) is 3.24. The van der Waals surface area contributed by atoms with Crippen molar-refractivity contribution in [2.24, 2.45) is 4.99 Å². The van der Waals surface area contributed by atoms with E-state index in [1.165, 1.54) is 0 Å². The van der Waals surface area contributed by atoms with Crippen molar-refractivity contribution in [3.63, 3.8) is 0 Å². The molecule has 4 nitrogen and oxygen atoms in total. The van der Waals surface area contributed by atoms with Crippen molar-refractivity contribution in [1.29, 1.82) is 0 Å². The van der Waals surface area contributed by atoms with Crippen LogP contribution in [0, 0.1) is 0 Å². The number of phenols is 1. The quantitative estimate of drug-likeness (QED) is 0.706. The Balaban J connectivity index is 1.72. The van der Waals surface area contributed by atoms with Crippen LogP contribution < -0.4 is 10.1 Å². The lowest BCUT2D eigenvalue weighted by molar-refractivity contribution is 0.414. The van der Waals surface area contributed by atoms with Crippen LogP contribution in [-0.4, -0.2) is 17.9 Å². The number of ether oxygens (including phenoxy) is 1. The summed E-state index contributed by atoms with van der Waals surface area (Å²) in [5.74, 6) is 1.14. The van der Waals surface area contributed by atoms with Crippen LogP contribution in [0.2, 0.25) is 0 Å². The average molecular weight is 364 g/mol. The number of hydrogen-bond acceptors (Lipinski definition) is 5. The lowest BCUT2D eigenvalue weighted by Gasteiger charge is -2.30. The summed E-state index contributed by atoms with van der Waals surface area (Å²) in [6.45, 7) is 0. The van der Waals surface area contributed by atoms with E-state index in [9.17, 15) is 5.11 Å². The molecule has 0 radical (unpaired) electrons. The summed E-state index contributed by atoms with van der Waals surface area (Å²) >= 11 is 1.68. The van der Waals surface area contributed by atoms with Crippen LogP contribution in [0.1, 0.15) is 34.6 Å². The number of aromatic hydroxyl groups is 1. The number of methoxy groups -OCH3 is 1. The van der Waals surface area contributed by atoms with Crippen molar-refractivity contribution in [3.8, 4) is 11.5 Å². The smallest absolute Gasteiger partial charge is 0.135 e. The number of phenolic OH excluding ortho intramolecular Hbond substituents is 1. The molecule has 2 N–H and O–H groups in total. The fraction of sp³-hybridized carbons (Fsp3) is 0.190. The zero-order chi connectivity index (χ0) is 17.9. The van der Waals surface area contributed by atoms with Crippen LogP contribution in [0.5, 0.6) is 11.5 Å². The van der Waals surface area contributed by atoms with Gasteiger partial charge in [0, 0.05) is 28.6 Å². The summed E-state index contributed by atoms with van der Waals surface area (Å²) in [6.07, 6.45) is 0.594. The number of aliphatic imine (C=N–C) groups is 1. The van der Waals surface area contributed by atoms with E-state index < -0.39 is 0 Å². The molecule has 0 aliphatic carbocycles. The molecule has 0 unspecified atom stereocenters.